The van der Waals surface area contributed by atoms with Crippen LogP contribution in [0.15, 0.2) is 0 Å². The van der Waals surface area contributed by atoms with E-state index < -0.39 is 30.7 Å². The van der Waals surface area contributed by atoms with E-state index in [2.05, 4.69) is 0 Å². The van der Waals surface area contributed by atoms with Crippen molar-refractivity contribution in [1.82, 2.24) is 4.90 Å². The third-order valence-electron chi connectivity index (χ3n) is 2.55. The number of nitrogens with zero attached hydrogens (tertiary/aromatic N) is 1. The molecule has 2 atom stereocenters. The van der Waals surface area contributed by atoms with Gasteiger partial charge in [0.05, 0.1) is 12.5 Å². The summed E-state index contributed by atoms with van der Waals surface area (Å²) in [6.07, 6.45) is -3.25. The fourth-order valence-corrected chi connectivity index (χ4v) is 1.70. The van der Waals surface area contributed by atoms with Gasteiger partial charge in [-0.2, -0.15) is 13.2 Å². The first-order valence-corrected chi connectivity index (χ1v) is 4.31. The molecule has 0 aliphatic heterocycles. The molecule has 0 amide bonds. The highest BCUT2D eigenvalue weighted by Gasteiger charge is 2.42. The molecule has 0 heterocycles. The molecule has 6 heteroatoms. The summed E-state index contributed by atoms with van der Waals surface area (Å²) < 4.78 is 35.9. The highest BCUT2D eigenvalue weighted by atomic mass is 19.4. The van der Waals surface area contributed by atoms with Crippen LogP contribution in [0, 0.1) is 5.92 Å². The van der Waals surface area contributed by atoms with E-state index in [0.717, 1.165) is 4.90 Å². The number of carboxylic acids is 1. The summed E-state index contributed by atoms with van der Waals surface area (Å²) in [4.78, 5) is 11.6. The molecule has 0 aromatic heterocycles. The lowest BCUT2D eigenvalue weighted by molar-refractivity contribution is -0.164. The molecular weight excluding hydrogens is 199 g/mol. The minimum absolute atomic E-state index is 0.464. The third kappa shape index (κ3) is 2.60. The number of aliphatic carboxylic acids is 1. The molecule has 14 heavy (non-hydrogen) atoms. The summed E-state index contributed by atoms with van der Waals surface area (Å²) in [6, 6.07) is -0.464. The predicted octanol–water partition coefficient (Wildman–Crippen LogP) is 1.34. The first-order valence-electron chi connectivity index (χ1n) is 4.31. The largest absolute Gasteiger partial charge is 0.481 e. The number of carbonyl (C=O) groups is 1. The summed E-state index contributed by atoms with van der Waals surface area (Å²) in [5.41, 5.74) is 0. The lowest BCUT2D eigenvalue weighted by Gasteiger charge is -2.40. The number of hydrogen-bond donors (Lipinski definition) is 1. The second-order valence-electron chi connectivity index (χ2n) is 3.62. The van der Waals surface area contributed by atoms with E-state index in [1.807, 2.05) is 0 Å². The minimum atomic E-state index is -4.26. The maximum absolute atomic E-state index is 12.0. The molecule has 1 fully saturated rings. The van der Waals surface area contributed by atoms with Crippen LogP contribution in [0.2, 0.25) is 0 Å². The van der Waals surface area contributed by atoms with Crippen LogP contribution in [0.25, 0.3) is 0 Å². The lowest BCUT2D eigenvalue weighted by atomic mass is 9.79. The molecule has 3 nitrogen and oxygen atoms in total. The van der Waals surface area contributed by atoms with Gasteiger partial charge in [0.15, 0.2) is 0 Å². The Bertz CT molecular complexity index is 229. The van der Waals surface area contributed by atoms with E-state index in [-0.39, 0.29) is 0 Å². The monoisotopic (exact) mass is 211 g/mol. The van der Waals surface area contributed by atoms with E-state index in [1.54, 1.807) is 0 Å². The third-order valence-corrected chi connectivity index (χ3v) is 2.55. The van der Waals surface area contributed by atoms with Gasteiger partial charge in [0.25, 0.3) is 0 Å². The maximum atomic E-state index is 12.0. The summed E-state index contributed by atoms with van der Waals surface area (Å²) in [7, 11) is 1.31. The van der Waals surface area contributed by atoms with E-state index in [1.165, 1.54) is 7.05 Å². The van der Waals surface area contributed by atoms with E-state index in [9.17, 15) is 18.0 Å². The lowest BCUT2D eigenvalue weighted by Crippen LogP contribution is -2.51. The van der Waals surface area contributed by atoms with Crippen molar-refractivity contribution in [3.63, 3.8) is 0 Å². The summed E-state index contributed by atoms with van der Waals surface area (Å²) in [5, 5.41) is 8.64. The highest BCUT2D eigenvalue weighted by Crippen LogP contribution is 2.33. The van der Waals surface area contributed by atoms with Crippen molar-refractivity contribution in [2.45, 2.75) is 25.1 Å². The van der Waals surface area contributed by atoms with Crippen molar-refractivity contribution in [1.29, 1.82) is 0 Å². The zero-order chi connectivity index (χ0) is 10.9. The van der Waals surface area contributed by atoms with Gasteiger partial charge in [0, 0.05) is 6.04 Å². The second-order valence-corrected chi connectivity index (χ2v) is 3.62. The van der Waals surface area contributed by atoms with Gasteiger partial charge in [-0.15, -0.1) is 0 Å². The quantitative estimate of drug-likeness (QED) is 0.765. The maximum Gasteiger partial charge on any atom is 0.401 e. The topological polar surface area (TPSA) is 40.5 Å². The summed E-state index contributed by atoms with van der Waals surface area (Å²) in [5.74, 6) is -1.64. The zero-order valence-corrected chi connectivity index (χ0v) is 7.71. The molecule has 82 valence electrons. The molecular formula is C8H12F3NO2. The van der Waals surface area contributed by atoms with Crippen molar-refractivity contribution in [3.8, 4) is 0 Å². The van der Waals surface area contributed by atoms with Crippen LogP contribution in [-0.4, -0.2) is 41.8 Å². The summed E-state index contributed by atoms with van der Waals surface area (Å²) in [6.45, 7) is -1.04. The van der Waals surface area contributed by atoms with Crippen molar-refractivity contribution in [2.75, 3.05) is 13.6 Å². The average molecular weight is 211 g/mol. The smallest absolute Gasteiger partial charge is 0.401 e. The van der Waals surface area contributed by atoms with Crippen LogP contribution in [0.1, 0.15) is 12.8 Å². The van der Waals surface area contributed by atoms with Crippen molar-refractivity contribution >= 4 is 5.97 Å². The summed E-state index contributed by atoms with van der Waals surface area (Å²) >= 11 is 0. The molecule has 0 saturated heterocycles. The van der Waals surface area contributed by atoms with E-state index in [0.29, 0.717) is 12.8 Å². The molecule has 1 aliphatic carbocycles. The van der Waals surface area contributed by atoms with Crippen LogP contribution >= 0.6 is 0 Å². The molecule has 0 spiro atoms. The van der Waals surface area contributed by atoms with Gasteiger partial charge in [-0.1, -0.05) is 0 Å². The Balaban J connectivity index is 2.46. The molecule has 0 bridgehead atoms. The molecule has 0 aromatic rings. The Hall–Kier alpha value is -0.780. The Morgan fingerprint density at radius 2 is 2.07 bits per heavy atom. The van der Waals surface area contributed by atoms with Crippen molar-refractivity contribution < 1.29 is 23.1 Å². The van der Waals surface area contributed by atoms with Crippen LogP contribution in [-0.2, 0) is 4.79 Å². The first-order chi connectivity index (χ1) is 6.31. The number of halogens is 3. The number of hydrogen-bond acceptors (Lipinski definition) is 2. The molecule has 0 aromatic carbocycles. The fourth-order valence-electron chi connectivity index (χ4n) is 1.70. The molecule has 2 unspecified atom stereocenters. The van der Waals surface area contributed by atoms with Crippen molar-refractivity contribution in [2.24, 2.45) is 5.92 Å². The van der Waals surface area contributed by atoms with Crippen LogP contribution in [0.3, 0.4) is 0 Å². The van der Waals surface area contributed by atoms with E-state index >= 15 is 0 Å². The Labute approximate surface area is 79.5 Å². The molecule has 1 N–H and O–H groups in total. The predicted molar refractivity (Wildman–Crippen MR) is 42.8 cm³/mol. The van der Waals surface area contributed by atoms with Gasteiger partial charge in [0.2, 0.25) is 0 Å². The molecule has 1 aliphatic rings. The van der Waals surface area contributed by atoms with Gasteiger partial charge in [0.1, 0.15) is 0 Å². The van der Waals surface area contributed by atoms with Gasteiger partial charge >= 0.3 is 12.1 Å². The highest BCUT2D eigenvalue weighted by molar-refractivity contribution is 5.72. The standard InChI is InChI=1S/C8H12F3NO2/c1-12(4-8(9,10)11)6-3-2-5(6)7(13)14/h5-6H,2-4H2,1H3,(H,13,14). The number of carboxylic acid groups (broad SMARTS) is 1. The normalized spacial score (nSPS) is 27.5. The first kappa shape index (κ1) is 11.3. The second kappa shape index (κ2) is 3.76. The Morgan fingerprint density at radius 1 is 1.50 bits per heavy atom. The van der Waals surface area contributed by atoms with Crippen LogP contribution in [0.4, 0.5) is 13.2 Å². The minimum Gasteiger partial charge on any atom is -0.481 e. The number of rotatable bonds is 3. The molecule has 1 rings (SSSR count). The van der Waals surface area contributed by atoms with Crippen LogP contribution in [0.5, 0.6) is 0 Å². The van der Waals surface area contributed by atoms with Gasteiger partial charge in [-0.3, -0.25) is 9.69 Å². The zero-order valence-electron chi connectivity index (χ0n) is 7.71. The SMILES string of the molecule is CN(CC(F)(F)F)C1CCC1C(=O)O. The van der Waals surface area contributed by atoms with Crippen LogP contribution < -0.4 is 0 Å². The number of alkyl halides is 3. The molecule has 1 saturated carbocycles. The average Bonchev–Trinajstić information content (AvgIpc) is 1.75. The van der Waals surface area contributed by atoms with Gasteiger partial charge < -0.3 is 5.11 Å². The fraction of sp³-hybridized carbons (Fsp3) is 0.875. The molecule has 0 radical (unpaired) electrons. The van der Waals surface area contributed by atoms with Gasteiger partial charge in [-0.25, -0.2) is 0 Å². The van der Waals surface area contributed by atoms with Gasteiger partial charge in [-0.05, 0) is 19.9 Å². The van der Waals surface area contributed by atoms with Crippen molar-refractivity contribution in [3.05, 3.63) is 0 Å². The Morgan fingerprint density at radius 3 is 2.36 bits per heavy atom. The Kier molecular flexibility index (Phi) is 3.04. The van der Waals surface area contributed by atoms with E-state index in [4.69, 9.17) is 5.11 Å².